The Morgan fingerprint density at radius 3 is 2.67 bits per heavy atom. The second-order valence-corrected chi connectivity index (χ2v) is 6.03. The maximum absolute atomic E-state index is 3.37. The summed E-state index contributed by atoms with van der Waals surface area (Å²) in [4.78, 5) is 3.37. The molecule has 0 radical (unpaired) electrons. The summed E-state index contributed by atoms with van der Waals surface area (Å²) in [6, 6.07) is 6.79. The number of hydrogen-bond donors (Lipinski definition) is 2. The van der Waals surface area contributed by atoms with E-state index in [2.05, 4.69) is 55.5 Å². The molecule has 2 aromatic rings. The summed E-state index contributed by atoms with van der Waals surface area (Å²) in [6.07, 6.45) is 4.48. The predicted octanol–water partition coefficient (Wildman–Crippen LogP) is 3.62. The topological polar surface area (TPSA) is 27.8 Å². The molecule has 0 atom stereocenters. The molecule has 1 heterocycles. The van der Waals surface area contributed by atoms with Gasteiger partial charge in [0.15, 0.2) is 0 Å². The third-order valence-electron chi connectivity index (χ3n) is 3.51. The van der Waals surface area contributed by atoms with E-state index < -0.39 is 0 Å². The van der Waals surface area contributed by atoms with Crippen molar-refractivity contribution in [2.45, 2.75) is 39.0 Å². The van der Waals surface area contributed by atoms with Crippen LogP contribution in [0.15, 0.2) is 24.4 Å². The number of hydrogen-bond acceptors (Lipinski definition) is 1. The Bertz CT molecular complexity index is 517. The monoisotopic (exact) mass is 244 g/mol. The molecule has 0 aliphatic rings. The van der Waals surface area contributed by atoms with Crippen molar-refractivity contribution < 1.29 is 0 Å². The van der Waals surface area contributed by atoms with E-state index in [1.807, 2.05) is 7.05 Å². The molecule has 1 aromatic carbocycles. The van der Waals surface area contributed by atoms with Gasteiger partial charge in [0.05, 0.1) is 0 Å². The first-order valence-electron chi connectivity index (χ1n) is 6.77. The van der Waals surface area contributed by atoms with Crippen LogP contribution in [0.4, 0.5) is 0 Å². The number of aryl methyl sites for hydroxylation is 1. The van der Waals surface area contributed by atoms with Gasteiger partial charge in [0, 0.05) is 17.1 Å². The summed E-state index contributed by atoms with van der Waals surface area (Å²) in [6.45, 7) is 7.87. The van der Waals surface area contributed by atoms with Crippen molar-refractivity contribution in [1.29, 1.82) is 0 Å². The number of H-pyrrole nitrogens is 1. The summed E-state index contributed by atoms with van der Waals surface area (Å²) >= 11 is 0. The molecule has 0 fully saturated rings. The molecule has 18 heavy (non-hydrogen) atoms. The van der Waals surface area contributed by atoms with E-state index in [0.29, 0.717) is 0 Å². The first-order chi connectivity index (χ1) is 8.52. The normalized spacial score (nSPS) is 12.2. The Balaban J connectivity index is 2.31. The van der Waals surface area contributed by atoms with Crippen LogP contribution in [0.3, 0.4) is 0 Å². The summed E-state index contributed by atoms with van der Waals surface area (Å²) in [5.74, 6) is 0. The van der Waals surface area contributed by atoms with Crippen LogP contribution in [0.5, 0.6) is 0 Å². The van der Waals surface area contributed by atoms with Crippen LogP contribution in [-0.4, -0.2) is 18.6 Å². The van der Waals surface area contributed by atoms with Crippen LogP contribution in [0.2, 0.25) is 0 Å². The molecule has 0 amide bonds. The zero-order chi connectivity index (χ0) is 13.2. The van der Waals surface area contributed by atoms with Crippen LogP contribution in [-0.2, 0) is 11.8 Å². The van der Waals surface area contributed by atoms with E-state index in [1.54, 1.807) is 0 Å². The summed E-state index contributed by atoms with van der Waals surface area (Å²) < 4.78 is 0. The molecule has 2 N–H and O–H groups in total. The zero-order valence-electron chi connectivity index (χ0n) is 11.9. The van der Waals surface area contributed by atoms with Gasteiger partial charge in [-0.25, -0.2) is 0 Å². The quantitative estimate of drug-likeness (QED) is 0.790. The van der Waals surface area contributed by atoms with Crippen molar-refractivity contribution in [2.75, 3.05) is 13.6 Å². The Kier molecular flexibility index (Phi) is 3.76. The Labute approximate surface area is 110 Å². The Morgan fingerprint density at radius 1 is 1.22 bits per heavy atom. The van der Waals surface area contributed by atoms with E-state index in [-0.39, 0.29) is 5.41 Å². The van der Waals surface area contributed by atoms with Crippen molar-refractivity contribution in [2.24, 2.45) is 0 Å². The minimum atomic E-state index is 0.216. The molecule has 2 rings (SSSR count). The molecule has 0 spiro atoms. The standard InChI is InChI=1S/C16H24N2/c1-16(2,3)13-7-8-15-14(10-13)12(11-18-15)6-5-9-17-4/h7-8,10-11,17-18H,5-6,9H2,1-4H3. The lowest BCUT2D eigenvalue weighted by Crippen LogP contribution is -2.10. The minimum absolute atomic E-state index is 0.216. The van der Waals surface area contributed by atoms with Gasteiger partial charge >= 0.3 is 0 Å². The van der Waals surface area contributed by atoms with Crippen LogP contribution < -0.4 is 5.32 Å². The van der Waals surface area contributed by atoms with Crippen molar-refractivity contribution >= 4 is 10.9 Å². The highest BCUT2D eigenvalue weighted by Gasteiger charge is 2.15. The average Bonchev–Trinajstić information content (AvgIpc) is 2.71. The minimum Gasteiger partial charge on any atom is -0.361 e. The van der Waals surface area contributed by atoms with Crippen molar-refractivity contribution in [3.63, 3.8) is 0 Å². The highest BCUT2D eigenvalue weighted by atomic mass is 14.8. The molecule has 2 heteroatoms. The van der Waals surface area contributed by atoms with Gasteiger partial charge in [-0.1, -0.05) is 26.8 Å². The molecule has 0 saturated heterocycles. The molecular formula is C16H24N2. The largest absolute Gasteiger partial charge is 0.361 e. The van der Waals surface area contributed by atoms with E-state index in [4.69, 9.17) is 0 Å². The Morgan fingerprint density at radius 2 is 2.00 bits per heavy atom. The molecule has 0 saturated carbocycles. The number of nitrogens with one attached hydrogen (secondary N) is 2. The van der Waals surface area contributed by atoms with Crippen molar-refractivity contribution in [3.05, 3.63) is 35.5 Å². The van der Waals surface area contributed by atoms with Crippen molar-refractivity contribution in [1.82, 2.24) is 10.3 Å². The maximum Gasteiger partial charge on any atom is 0.0456 e. The lowest BCUT2D eigenvalue weighted by molar-refractivity contribution is 0.591. The van der Waals surface area contributed by atoms with Gasteiger partial charge in [0.1, 0.15) is 0 Å². The SMILES string of the molecule is CNCCCc1c[nH]c2ccc(C(C)(C)C)cc12. The molecular weight excluding hydrogens is 220 g/mol. The number of fused-ring (bicyclic) bond motifs is 1. The first-order valence-corrected chi connectivity index (χ1v) is 6.77. The lowest BCUT2D eigenvalue weighted by atomic mass is 9.86. The van der Waals surface area contributed by atoms with Gasteiger partial charge in [-0.15, -0.1) is 0 Å². The summed E-state index contributed by atoms with van der Waals surface area (Å²) in [5, 5.41) is 4.59. The van der Waals surface area contributed by atoms with Crippen LogP contribution in [0, 0.1) is 0 Å². The molecule has 0 aliphatic carbocycles. The fraction of sp³-hybridized carbons (Fsp3) is 0.500. The molecule has 0 unspecified atom stereocenters. The molecule has 0 bridgehead atoms. The van der Waals surface area contributed by atoms with Gasteiger partial charge in [-0.05, 0) is 55.1 Å². The van der Waals surface area contributed by atoms with Gasteiger partial charge in [0.25, 0.3) is 0 Å². The zero-order valence-corrected chi connectivity index (χ0v) is 11.9. The highest BCUT2D eigenvalue weighted by molar-refractivity contribution is 5.84. The fourth-order valence-corrected chi connectivity index (χ4v) is 2.31. The smallest absolute Gasteiger partial charge is 0.0456 e. The van der Waals surface area contributed by atoms with Crippen molar-refractivity contribution in [3.8, 4) is 0 Å². The van der Waals surface area contributed by atoms with Crippen LogP contribution >= 0.6 is 0 Å². The molecule has 0 aliphatic heterocycles. The van der Waals surface area contributed by atoms with E-state index in [0.717, 1.165) is 13.0 Å². The molecule has 1 aromatic heterocycles. The maximum atomic E-state index is 3.37. The lowest BCUT2D eigenvalue weighted by Gasteiger charge is -2.19. The van der Waals surface area contributed by atoms with E-state index >= 15 is 0 Å². The molecule has 2 nitrogen and oxygen atoms in total. The van der Waals surface area contributed by atoms with Gasteiger partial charge in [-0.2, -0.15) is 0 Å². The second kappa shape index (κ2) is 5.15. The number of benzene rings is 1. The van der Waals surface area contributed by atoms with Gasteiger partial charge < -0.3 is 10.3 Å². The number of aromatic amines is 1. The second-order valence-electron chi connectivity index (χ2n) is 6.03. The predicted molar refractivity (Wildman–Crippen MR) is 79.2 cm³/mol. The number of aromatic nitrogens is 1. The summed E-state index contributed by atoms with van der Waals surface area (Å²) in [5.41, 5.74) is 4.31. The van der Waals surface area contributed by atoms with Gasteiger partial charge in [-0.3, -0.25) is 0 Å². The highest BCUT2D eigenvalue weighted by Crippen LogP contribution is 2.28. The third-order valence-corrected chi connectivity index (χ3v) is 3.51. The van der Waals surface area contributed by atoms with E-state index in [1.165, 1.54) is 28.5 Å². The first kappa shape index (κ1) is 13.2. The third kappa shape index (κ3) is 2.75. The van der Waals surface area contributed by atoms with Crippen LogP contribution in [0.25, 0.3) is 10.9 Å². The summed E-state index contributed by atoms with van der Waals surface area (Å²) in [7, 11) is 2.01. The molecule has 98 valence electrons. The van der Waals surface area contributed by atoms with Crippen LogP contribution in [0.1, 0.15) is 38.3 Å². The van der Waals surface area contributed by atoms with E-state index in [9.17, 15) is 0 Å². The fourth-order valence-electron chi connectivity index (χ4n) is 2.31. The number of rotatable bonds is 4. The Hall–Kier alpha value is -1.28. The average molecular weight is 244 g/mol. The van der Waals surface area contributed by atoms with Gasteiger partial charge in [0.2, 0.25) is 0 Å².